The molecular weight excluding hydrogens is 394 g/mol. The molecule has 0 radical (unpaired) electrons. The van der Waals surface area contributed by atoms with Gasteiger partial charge in [-0.05, 0) is 60.0 Å². The summed E-state index contributed by atoms with van der Waals surface area (Å²) in [5.74, 6) is -0.493. The number of phenols is 1. The third-order valence-corrected chi connectivity index (χ3v) is 5.16. The van der Waals surface area contributed by atoms with Crippen molar-refractivity contribution in [3.63, 3.8) is 0 Å². The number of carbonyl (C=O) groups excluding carboxylic acids is 2. The van der Waals surface area contributed by atoms with E-state index >= 15 is 0 Å². The number of anilines is 1. The predicted octanol–water partition coefficient (Wildman–Crippen LogP) is 4.45. The monoisotopic (exact) mass is 415 g/mol. The second kappa shape index (κ2) is 7.99. The molecule has 0 aromatic heterocycles. The Morgan fingerprint density at radius 2 is 1.48 bits per heavy atom. The summed E-state index contributed by atoms with van der Waals surface area (Å²) in [5.41, 5.74) is 3.38. The Hall–Kier alpha value is -4.06. The molecule has 6 heteroatoms. The van der Waals surface area contributed by atoms with Gasteiger partial charge in [0, 0.05) is 11.1 Å². The lowest BCUT2D eigenvalue weighted by molar-refractivity contribution is -0.112. The molecular formula is C25H21NO5. The molecule has 2 amide bonds. The van der Waals surface area contributed by atoms with Crippen molar-refractivity contribution in [3.05, 3.63) is 82.9 Å². The van der Waals surface area contributed by atoms with Crippen molar-refractivity contribution < 1.29 is 24.2 Å². The van der Waals surface area contributed by atoms with Gasteiger partial charge in [0.2, 0.25) is 5.75 Å². The highest BCUT2D eigenvalue weighted by Gasteiger charge is 2.35. The third-order valence-electron chi connectivity index (χ3n) is 5.16. The van der Waals surface area contributed by atoms with Crippen molar-refractivity contribution >= 4 is 29.2 Å². The van der Waals surface area contributed by atoms with Crippen molar-refractivity contribution in [3.8, 4) is 17.2 Å². The highest BCUT2D eigenvalue weighted by Crippen LogP contribution is 2.39. The van der Waals surface area contributed by atoms with Gasteiger partial charge in [0.25, 0.3) is 11.8 Å². The number of aryl methyl sites for hydroxylation is 1. The maximum atomic E-state index is 13.5. The van der Waals surface area contributed by atoms with E-state index in [-0.39, 0.29) is 23.2 Å². The average Bonchev–Trinajstić information content (AvgIpc) is 2.77. The minimum Gasteiger partial charge on any atom is -0.502 e. The van der Waals surface area contributed by atoms with Gasteiger partial charge in [0.05, 0.1) is 19.9 Å². The van der Waals surface area contributed by atoms with Gasteiger partial charge in [-0.1, -0.05) is 30.3 Å². The summed E-state index contributed by atoms with van der Waals surface area (Å²) in [6, 6.07) is 17.5. The van der Waals surface area contributed by atoms with Crippen LogP contribution in [0.2, 0.25) is 0 Å². The number of nitrogens with zero attached hydrogens (tertiary/aromatic N) is 1. The van der Waals surface area contributed by atoms with Gasteiger partial charge < -0.3 is 14.6 Å². The first-order valence-corrected chi connectivity index (χ1v) is 9.66. The topological polar surface area (TPSA) is 76.1 Å². The second-order valence-corrected chi connectivity index (χ2v) is 7.16. The van der Waals surface area contributed by atoms with E-state index < -0.39 is 5.91 Å². The maximum absolute atomic E-state index is 13.5. The number of fused-ring (bicyclic) bond motifs is 1. The number of ether oxygens (including phenoxy) is 2. The van der Waals surface area contributed by atoms with Crippen molar-refractivity contribution in [2.24, 2.45) is 0 Å². The van der Waals surface area contributed by atoms with E-state index in [0.29, 0.717) is 28.0 Å². The van der Waals surface area contributed by atoms with E-state index in [1.807, 2.05) is 19.1 Å². The number of benzene rings is 3. The highest BCUT2D eigenvalue weighted by molar-refractivity contribution is 6.43. The quantitative estimate of drug-likeness (QED) is 0.503. The normalized spacial score (nSPS) is 14.5. The lowest BCUT2D eigenvalue weighted by Gasteiger charge is -2.29. The molecule has 1 aliphatic heterocycles. The molecule has 0 atom stereocenters. The summed E-state index contributed by atoms with van der Waals surface area (Å²) in [6.07, 6.45) is 1.67. The number of hydrogen-bond donors (Lipinski definition) is 1. The lowest BCUT2D eigenvalue weighted by atomic mass is 9.91. The molecule has 156 valence electrons. The Bertz CT molecular complexity index is 1200. The van der Waals surface area contributed by atoms with Gasteiger partial charge in [0.1, 0.15) is 0 Å². The van der Waals surface area contributed by atoms with Gasteiger partial charge in [0.15, 0.2) is 11.5 Å². The van der Waals surface area contributed by atoms with Gasteiger partial charge in [-0.2, -0.15) is 0 Å². The molecule has 0 spiro atoms. The van der Waals surface area contributed by atoms with E-state index in [1.165, 1.54) is 19.1 Å². The number of phenolic OH excluding ortho intramolecular Hbond substituents is 1. The van der Waals surface area contributed by atoms with E-state index in [9.17, 15) is 14.7 Å². The zero-order chi connectivity index (χ0) is 22.1. The van der Waals surface area contributed by atoms with E-state index in [0.717, 1.165) is 5.56 Å². The molecule has 6 nitrogen and oxygen atoms in total. The number of carbonyl (C=O) groups is 2. The van der Waals surface area contributed by atoms with Crippen LogP contribution in [0.15, 0.2) is 60.7 Å². The first kappa shape index (κ1) is 20.2. The summed E-state index contributed by atoms with van der Waals surface area (Å²) in [4.78, 5) is 27.9. The van der Waals surface area contributed by atoms with Gasteiger partial charge in [-0.3, -0.25) is 9.59 Å². The maximum Gasteiger partial charge on any atom is 0.265 e. The first-order chi connectivity index (χ1) is 14.9. The minimum absolute atomic E-state index is 0.126. The zero-order valence-electron chi connectivity index (χ0n) is 17.4. The molecule has 0 aliphatic carbocycles. The Morgan fingerprint density at radius 1 is 0.839 bits per heavy atom. The summed E-state index contributed by atoms with van der Waals surface area (Å²) in [7, 11) is 2.87. The van der Waals surface area contributed by atoms with Crippen LogP contribution in [-0.2, 0) is 4.79 Å². The van der Waals surface area contributed by atoms with Gasteiger partial charge in [-0.15, -0.1) is 0 Å². The van der Waals surface area contributed by atoms with E-state index in [2.05, 4.69) is 0 Å². The molecule has 4 rings (SSSR count). The molecule has 3 aromatic carbocycles. The number of aromatic hydroxyl groups is 1. The second-order valence-electron chi connectivity index (χ2n) is 7.16. The average molecular weight is 415 g/mol. The van der Waals surface area contributed by atoms with Crippen molar-refractivity contribution in [2.75, 3.05) is 19.1 Å². The Labute approximate surface area is 180 Å². The van der Waals surface area contributed by atoms with Crippen LogP contribution in [0.25, 0.3) is 11.6 Å². The number of rotatable bonds is 4. The minimum atomic E-state index is -0.430. The number of methoxy groups -OCH3 is 2. The Balaban J connectivity index is 1.92. The molecule has 31 heavy (non-hydrogen) atoms. The van der Waals surface area contributed by atoms with E-state index in [4.69, 9.17) is 9.47 Å². The molecule has 1 aliphatic rings. The molecule has 0 unspecified atom stereocenters. The highest BCUT2D eigenvalue weighted by atomic mass is 16.5. The molecule has 0 bridgehead atoms. The van der Waals surface area contributed by atoms with Crippen LogP contribution in [0.1, 0.15) is 27.0 Å². The molecule has 3 aromatic rings. The van der Waals surface area contributed by atoms with Crippen LogP contribution in [0, 0.1) is 6.92 Å². The first-order valence-electron chi connectivity index (χ1n) is 9.66. The summed E-state index contributed by atoms with van der Waals surface area (Å²) in [6.45, 7) is 1.90. The van der Waals surface area contributed by atoms with Crippen LogP contribution >= 0.6 is 0 Å². The van der Waals surface area contributed by atoms with Crippen LogP contribution in [0.5, 0.6) is 17.2 Å². The van der Waals surface area contributed by atoms with E-state index in [1.54, 1.807) is 54.6 Å². The molecule has 1 N–H and O–H groups in total. The SMILES string of the molecule is COc1cc(C=C2C(=O)N(c3cccc(C)c3)C(=O)c3ccccc32)cc(OC)c1O. The van der Waals surface area contributed by atoms with Gasteiger partial charge in [-0.25, -0.2) is 4.90 Å². The number of amides is 2. The van der Waals surface area contributed by atoms with Crippen molar-refractivity contribution in [1.82, 2.24) is 0 Å². The Morgan fingerprint density at radius 3 is 2.10 bits per heavy atom. The van der Waals surface area contributed by atoms with Crippen molar-refractivity contribution in [2.45, 2.75) is 6.92 Å². The largest absolute Gasteiger partial charge is 0.502 e. The lowest BCUT2D eigenvalue weighted by Crippen LogP contribution is -2.41. The molecule has 0 saturated heterocycles. The summed E-state index contributed by atoms with van der Waals surface area (Å²) in [5, 5.41) is 10.2. The van der Waals surface area contributed by atoms with Crippen molar-refractivity contribution in [1.29, 1.82) is 0 Å². The van der Waals surface area contributed by atoms with Gasteiger partial charge >= 0.3 is 0 Å². The van der Waals surface area contributed by atoms with Crippen LogP contribution in [0.3, 0.4) is 0 Å². The molecule has 0 fully saturated rings. The van der Waals surface area contributed by atoms with Crippen LogP contribution in [-0.4, -0.2) is 31.1 Å². The molecule has 1 heterocycles. The fourth-order valence-electron chi connectivity index (χ4n) is 3.66. The number of imide groups is 1. The smallest absolute Gasteiger partial charge is 0.265 e. The summed E-state index contributed by atoms with van der Waals surface area (Å²) < 4.78 is 10.5. The third kappa shape index (κ3) is 3.53. The fourth-order valence-corrected chi connectivity index (χ4v) is 3.66. The summed E-state index contributed by atoms with van der Waals surface area (Å²) >= 11 is 0. The zero-order valence-corrected chi connectivity index (χ0v) is 17.4. The fraction of sp³-hybridized carbons (Fsp3) is 0.120. The standard InChI is InChI=1S/C25H21NO5/c1-15-7-6-8-17(11-15)26-24(28)19-10-5-4-9-18(19)20(25(26)29)12-16-13-21(30-2)23(27)22(14-16)31-3/h4-14,27H,1-3H3. The Kier molecular flexibility index (Phi) is 5.21. The van der Waals surface area contributed by atoms with Crippen LogP contribution < -0.4 is 14.4 Å². The van der Waals surface area contributed by atoms with Crippen LogP contribution in [0.4, 0.5) is 5.69 Å². The molecule has 0 saturated carbocycles. The predicted molar refractivity (Wildman–Crippen MR) is 119 cm³/mol. The number of hydrogen-bond acceptors (Lipinski definition) is 5.